The van der Waals surface area contributed by atoms with Crippen LogP contribution in [0.2, 0.25) is 0 Å². The highest BCUT2D eigenvalue weighted by Gasteiger charge is 2.36. The quantitative estimate of drug-likeness (QED) is 0.566. The zero-order valence-corrected chi connectivity index (χ0v) is 21.9. The summed E-state index contributed by atoms with van der Waals surface area (Å²) < 4.78 is 7.43. The summed E-state index contributed by atoms with van der Waals surface area (Å²) in [5.41, 5.74) is 9.73. The van der Waals surface area contributed by atoms with Gasteiger partial charge in [0.05, 0.1) is 34.7 Å². The predicted molar refractivity (Wildman–Crippen MR) is 138 cm³/mol. The summed E-state index contributed by atoms with van der Waals surface area (Å²) in [7, 11) is 3.68. The Labute approximate surface area is 212 Å². The van der Waals surface area contributed by atoms with Crippen molar-refractivity contribution < 1.29 is 19.1 Å². The van der Waals surface area contributed by atoms with Gasteiger partial charge in [-0.05, 0) is 76.7 Å². The molecule has 2 aliphatic rings. The second kappa shape index (κ2) is 10.0. The minimum absolute atomic E-state index is 0.0862. The Morgan fingerprint density at radius 3 is 2.53 bits per heavy atom. The highest BCUT2D eigenvalue weighted by molar-refractivity contribution is 6.00. The summed E-state index contributed by atoms with van der Waals surface area (Å²) in [6, 6.07) is 5.55. The Morgan fingerprint density at radius 1 is 1.19 bits per heavy atom. The van der Waals surface area contributed by atoms with Crippen molar-refractivity contribution in [2.24, 2.45) is 11.1 Å². The largest absolute Gasteiger partial charge is 0.461 e. The Bertz CT molecular complexity index is 1180. The predicted octanol–water partition coefficient (Wildman–Crippen LogP) is 3.26. The number of nitrogens with zero attached hydrogens (tertiary/aromatic N) is 3. The van der Waals surface area contributed by atoms with E-state index in [0.717, 1.165) is 49.2 Å². The van der Waals surface area contributed by atoms with Gasteiger partial charge < -0.3 is 15.8 Å². The highest BCUT2D eigenvalue weighted by atomic mass is 16.5. The summed E-state index contributed by atoms with van der Waals surface area (Å²) >= 11 is 0. The van der Waals surface area contributed by atoms with Crippen LogP contribution in [0, 0.1) is 12.3 Å². The number of nitrogens with one attached hydrogen (secondary N) is 1. The van der Waals surface area contributed by atoms with Crippen LogP contribution in [0.1, 0.15) is 78.1 Å². The van der Waals surface area contributed by atoms with E-state index in [1.165, 1.54) is 0 Å². The normalized spacial score (nSPS) is 21.2. The lowest BCUT2D eigenvalue weighted by molar-refractivity contribution is -0.151. The molecule has 0 aliphatic heterocycles. The number of benzene rings is 1. The lowest BCUT2D eigenvalue weighted by Gasteiger charge is -2.30. The van der Waals surface area contributed by atoms with E-state index in [2.05, 4.69) is 19.2 Å². The van der Waals surface area contributed by atoms with E-state index in [-0.39, 0.29) is 35.9 Å². The van der Waals surface area contributed by atoms with Gasteiger partial charge in [-0.15, -0.1) is 0 Å². The first kappa shape index (κ1) is 25.9. The monoisotopic (exact) mass is 495 g/mol. The van der Waals surface area contributed by atoms with Crippen LogP contribution in [0.4, 0.5) is 5.69 Å². The molecule has 36 heavy (non-hydrogen) atoms. The van der Waals surface area contributed by atoms with Crippen molar-refractivity contribution in [2.45, 2.75) is 71.4 Å². The molecule has 0 bridgehead atoms. The molecule has 1 heterocycles. The Hall–Kier alpha value is -3.20. The van der Waals surface area contributed by atoms with Crippen molar-refractivity contribution in [3.05, 3.63) is 40.7 Å². The molecule has 2 aliphatic carbocycles. The van der Waals surface area contributed by atoms with Crippen LogP contribution in [-0.2, 0) is 16.0 Å². The average molecular weight is 496 g/mol. The number of hydrogen-bond donors (Lipinski definition) is 2. The Balaban J connectivity index is 1.54. The number of nitrogens with two attached hydrogens (primary N) is 1. The number of ether oxygens (including phenoxy) is 1. The van der Waals surface area contributed by atoms with Crippen LogP contribution in [-0.4, -0.2) is 65.1 Å². The number of anilines is 1. The van der Waals surface area contributed by atoms with Crippen molar-refractivity contribution in [3.8, 4) is 5.69 Å². The number of ketones is 1. The number of carbonyl (C=O) groups is 3. The SMILES string of the molecule is Cc1nn(-c2ccc(C(N)=O)c(NC3CCC(OC(=O)CN(C)C)CC3)c2)c2c1C(=O)CC(C)(C)C2. The lowest BCUT2D eigenvalue weighted by Crippen LogP contribution is -2.34. The number of likely N-dealkylation sites (N-methyl/N-ethyl adjacent to an activating group) is 1. The summed E-state index contributed by atoms with van der Waals surface area (Å²) in [5.74, 6) is -0.592. The van der Waals surface area contributed by atoms with Gasteiger partial charge in [0.25, 0.3) is 5.91 Å². The number of hydrogen-bond acceptors (Lipinski definition) is 7. The number of carbonyl (C=O) groups excluding carboxylic acids is 3. The maximum Gasteiger partial charge on any atom is 0.320 e. The molecule has 1 saturated carbocycles. The van der Waals surface area contributed by atoms with Crippen LogP contribution in [0.15, 0.2) is 18.2 Å². The molecule has 4 rings (SSSR count). The van der Waals surface area contributed by atoms with E-state index in [1.807, 2.05) is 37.8 Å². The molecule has 0 saturated heterocycles. The fourth-order valence-corrected chi connectivity index (χ4v) is 5.38. The molecule has 0 radical (unpaired) electrons. The van der Waals surface area contributed by atoms with Crippen LogP contribution in [0.5, 0.6) is 0 Å². The smallest absolute Gasteiger partial charge is 0.320 e. The van der Waals surface area contributed by atoms with Crippen molar-refractivity contribution in [3.63, 3.8) is 0 Å². The number of fused-ring (bicyclic) bond motifs is 1. The van der Waals surface area contributed by atoms with Gasteiger partial charge in [-0.3, -0.25) is 19.3 Å². The minimum Gasteiger partial charge on any atom is -0.461 e. The third-order valence-corrected chi connectivity index (χ3v) is 7.01. The number of Topliss-reactive ketones (excluding diaryl/α,β-unsaturated/α-hetero) is 1. The lowest BCUT2D eigenvalue weighted by atomic mass is 9.75. The molecule has 1 fully saturated rings. The van der Waals surface area contributed by atoms with Gasteiger partial charge in [-0.2, -0.15) is 5.10 Å². The maximum atomic E-state index is 12.8. The standard InChI is InChI=1S/C27H37N5O4/c1-16-25-22(13-27(2,3)14-23(25)33)32(30-16)18-8-11-20(26(28)35)21(12-18)29-17-6-9-19(10-7-17)36-24(34)15-31(4)5/h8,11-12,17,19,29H,6-7,9-10,13-15H2,1-5H3,(H2,28,35). The first-order chi connectivity index (χ1) is 16.9. The third kappa shape index (κ3) is 5.61. The number of amides is 1. The van der Waals surface area contributed by atoms with Gasteiger partial charge in [0.1, 0.15) is 6.10 Å². The van der Waals surface area contributed by atoms with E-state index in [4.69, 9.17) is 15.6 Å². The first-order valence-electron chi connectivity index (χ1n) is 12.6. The minimum atomic E-state index is -0.509. The number of esters is 1. The van der Waals surface area contributed by atoms with Crippen LogP contribution >= 0.6 is 0 Å². The fourth-order valence-electron chi connectivity index (χ4n) is 5.38. The molecule has 0 atom stereocenters. The molecular weight excluding hydrogens is 458 g/mol. The topological polar surface area (TPSA) is 120 Å². The van der Waals surface area contributed by atoms with Gasteiger partial charge >= 0.3 is 5.97 Å². The van der Waals surface area contributed by atoms with Crippen molar-refractivity contribution in [1.82, 2.24) is 14.7 Å². The Kier molecular flexibility index (Phi) is 7.22. The molecule has 1 aromatic carbocycles. The molecule has 9 nitrogen and oxygen atoms in total. The molecule has 9 heteroatoms. The first-order valence-corrected chi connectivity index (χ1v) is 12.6. The van der Waals surface area contributed by atoms with Gasteiger partial charge in [0, 0.05) is 18.2 Å². The van der Waals surface area contributed by atoms with Gasteiger partial charge in [-0.1, -0.05) is 13.8 Å². The molecule has 3 N–H and O–H groups in total. The average Bonchev–Trinajstić information content (AvgIpc) is 3.09. The summed E-state index contributed by atoms with van der Waals surface area (Å²) in [4.78, 5) is 38.8. The fraction of sp³-hybridized carbons (Fsp3) is 0.556. The second-order valence-electron chi connectivity index (χ2n) is 11.2. The van der Waals surface area contributed by atoms with Gasteiger partial charge in [-0.25, -0.2) is 4.68 Å². The number of primary amides is 1. The van der Waals surface area contributed by atoms with E-state index in [1.54, 1.807) is 11.0 Å². The molecule has 194 valence electrons. The van der Waals surface area contributed by atoms with Gasteiger partial charge in [0.2, 0.25) is 0 Å². The number of aryl methyl sites for hydroxylation is 1. The zero-order chi connectivity index (χ0) is 26.2. The molecule has 0 spiro atoms. The summed E-state index contributed by atoms with van der Waals surface area (Å²) in [5, 5.41) is 8.20. The van der Waals surface area contributed by atoms with Gasteiger partial charge in [0.15, 0.2) is 5.78 Å². The second-order valence-corrected chi connectivity index (χ2v) is 11.2. The summed E-state index contributed by atoms with van der Waals surface area (Å²) in [6.45, 7) is 6.33. The number of aromatic nitrogens is 2. The zero-order valence-electron chi connectivity index (χ0n) is 21.9. The maximum absolute atomic E-state index is 12.8. The van der Waals surface area contributed by atoms with E-state index in [0.29, 0.717) is 23.2 Å². The molecule has 1 amide bonds. The van der Waals surface area contributed by atoms with Crippen molar-refractivity contribution in [2.75, 3.05) is 26.0 Å². The molecule has 0 unspecified atom stereocenters. The van der Waals surface area contributed by atoms with E-state index < -0.39 is 5.91 Å². The molecule has 2 aromatic rings. The summed E-state index contributed by atoms with van der Waals surface area (Å²) in [6.07, 6.45) is 4.29. The van der Waals surface area contributed by atoms with E-state index in [9.17, 15) is 14.4 Å². The van der Waals surface area contributed by atoms with Crippen molar-refractivity contribution in [1.29, 1.82) is 0 Å². The molecular formula is C27H37N5O4. The van der Waals surface area contributed by atoms with Crippen LogP contribution in [0.3, 0.4) is 0 Å². The molecule has 1 aromatic heterocycles. The van der Waals surface area contributed by atoms with Crippen LogP contribution < -0.4 is 11.1 Å². The van der Waals surface area contributed by atoms with E-state index >= 15 is 0 Å². The van der Waals surface area contributed by atoms with Crippen LogP contribution in [0.25, 0.3) is 5.69 Å². The Morgan fingerprint density at radius 2 is 1.89 bits per heavy atom. The third-order valence-electron chi connectivity index (χ3n) is 7.01. The highest BCUT2D eigenvalue weighted by Crippen LogP contribution is 2.37. The number of rotatable bonds is 7. The van der Waals surface area contributed by atoms with Crippen molar-refractivity contribution >= 4 is 23.3 Å².